The van der Waals surface area contributed by atoms with Crippen molar-refractivity contribution >= 4 is 36.0 Å². The number of benzene rings is 1. The highest BCUT2D eigenvalue weighted by atomic mass is 127. The minimum atomic E-state index is -0.548. The molecule has 0 aromatic heterocycles. The fourth-order valence-corrected chi connectivity index (χ4v) is 2.60. The van der Waals surface area contributed by atoms with Gasteiger partial charge in [0.25, 0.3) is 0 Å². The molecular weight excluding hydrogens is 511 g/mol. The van der Waals surface area contributed by atoms with Crippen molar-refractivity contribution in [2.45, 2.75) is 59.1 Å². The van der Waals surface area contributed by atoms with Crippen molar-refractivity contribution in [3.05, 3.63) is 23.8 Å². The third kappa shape index (κ3) is 11.9. The minimum absolute atomic E-state index is 0. The van der Waals surface area contributed by atoms with Crippen LogP contribution in [0.5, 0.6) is 11.5 Å². The van der Waals surface area contributed by atoms with Gasteiger partial charge in [-0.1, -0.05) is 6.07 Å². The van der Waals surface area contributed by atoms with Crippen molar-refractivity contribution in [1.82, 2.24) is 16.0 Å². The molecule has 31 heavy (non-hydrogen) atoms. The van der Waals surface area contributed by atoms with Crippen molar-refractivity contribution in [3.63, 3.8) is 0 Å². The molecule has 1 aromatic carbocycles. The van der Waals surface area contributed by atoms with Gasteiger partial charge in [0.15, 0.2) is 17.5 Å². The van der Waals surface area contributed by atoms with Crippen molar-refractivity contribution in [2.75, 3.05) is 33.9 Å². The van der Waals surface area contributed by atoms with E-state index in [1.165, 1.54) is 0 Å². The number of nitrogens with zero attached hydrogens (tertiary/aromatic N) is 1. The first-order chi connectivity index (χ1) is 14.0. The molecule has 0 atom stereocenters. The molecule has 1 rings (SSSR count). The molecule has 0 radical (unpaired) electrons. The molecule has 0 saturated carbocycles. The summed E-state index contributed by atoms with van der Waals surface area (Å²) in [5.41, 5.74) is 0.0425. The van der Waals surface area contributed by atoms with Crippen LogP contribution >= 0.6 is 24.0 Å². The lowest BCUT2D eigenvalue weighted by Gasteiger charge is -2.27. The summed E-state index contributed by atoms with van der Waals surface area (Å²) in [6, 6.07) is 5.89. The molecule has 0 bridgehead atoms. The highest BCUT2D eigenvalue weighted by Crippen LogP contribution is 2.27. The predicted octanol–water partition coefficient (Wildman–Crippen LogP) is 3.72. The molecule has 0 unspecified atom stereocenters. The van der Waals surface area contributed by atoms with Gasteiger partial charge >= 0.3 is 6.09 Å². The number of nitrogens with one attached hydrogen (secondary N) is 3. The molecule has 1 amide bonds. The third-order valence-electron chi connectivity index (χ3n) is 3.97. The summed E-state index contributed by atoms with van der Waals surface area (Å²) in [6.07, 6.45) is 0.346. The van der Waals surface area contributed by atoms with Crippen molar-refractivity contribution in [2.24, 2.45) is 4.99 Å². The SMILES string of the molecule is CCNC(=NCC(C)(C)NC(=O)OC(C)(C)C)NCCc1ccc(OC)c(OC)c1.I. The molecule has 9 heteroatoms. The van der Waals surface area contributed by atoms with Gasteiger partial charge in [-0.15, -0.1) is 24.0 Å². The van der Waals surface area contributed by atoms with Gasteiger partial charge in [0.1, 0.15) is 5.60 Å². The van der Waals surface area contributed by atoms with Crippen LogP contribution in [0.4, 0.5) is 4.79 Å². The molecular formula is C22H39IN4O4. The number of halogens is 1. The van der Waals surface area contributed by atoms with Crippen molar-refractivity contribution in [3.8, 4) is 11.5 Å². The second-order valence-corrected chi connectivity index (χ2v) is 8.57. The van der Waals surface area contributed by atoms with Gasteiger partial charge in [-0.25, -0.2) is 4.79 Å². The Balaban J connectivity index is 0.00000900. The average Bonchev–Trinajstić information content (AvgIpc) is 2.63. The maximum atomic E-state index is 12.0. The second kappa shape index (κ2) is 13.5. The number of hydrogen-bond acceptors (Lipinski definition) is 5. The molecule has 3 N–H and O–H groups in total. The largest absolute Gasteiger partial charge is 0.493 e. The zero-order valence-electron chi connectivity index (χ0n) is 20.0. The normalized spacial score (nSPS) is 11.8. The van der Waals surface area contributed by atoms with Crippen LogP contribution in [0.25, 0.3) is 0 Å². The zero-order chi connectivity index (χ0) is 22.8. The van der Waals surface area contributed by atoms with E-state index in [9.17, 15) is 4.79 Å². The van der Waals surface area contributed by atoms with Crippen LogP contribution in [-0.2, 0) is 11.2 Å². The quantitative estimate of drug-likeness (QED) is 0.247. The number of amides is 1. The van der Waals surface area contributed by atoms with E-state index in [0.29, 0.717) is 30.5 Å². The molecule has 1 aromatic rings. The van der Waals surface area contributed by atoms with Gasteiger partial charge in [-0.05, 0) is 65.7 Å². The van der Waals surface area contributed by atoms with Crippen LogP contribution in [-0.4, -0.2) is 57.0 Å². The van der Waals surface area contributed by atoms with Crippen LogP contribution in [0, 0.1) is 0 Å². The Morgan fingerprint density at radius 1 is 1.03 bits per heavy atom. The first-order valence-corrected chi connectivity index (χ1v) is 10.2. The molecule has 0 aliphatic heterocycles. The maximum absolute atomic E-state index is 12.0. The molecule has 8 nitrogen and oxygen atoms in total. The molecule has 0 aliphatic carbocycles. The standard InChI is InChI=1S/C22H38N4O4.HI/c1-9-23-19(25-15-22(5,6)26-20(27)30-21(2,3)4)24-13-12-16-10-11-17(28-7)18(14-16)29-8;/h10-11,14H,9,12-13,15H2,1-8H3,(H,26,27)(H2,23,24,25);1H. The fraction of sp³-hybridized carbons (Fsp3) is 0.636. The summed E-state index contributed by atoms with van der Waals surface area (Å²) >= 11 is 0. The molecule has 0 spiro atoms. The number of hydrogen-bond donors (Lipinski definition) is 3. The van der Waals surface area contributed by atoms with Crippen LogP contribution in [0.1, 0.15) is 47.1 Å². The Labute approximate surface area is 203 Å². The number of aliphatic imine (C=N–C) groups is 1. The monoisotopic (exact) mass is 550 g/mol. The number of alkyl carbamates (subject to hydrolysis) is 1. The topological polar surface area (TPSA) is 93.2 Å². The number of carbonyl (C=O) groups excluding carboxylic acids is 1. The van der Waals surface area contributed by atoms with Gasteiger partial charge < -0.3 is 30.2 Å². The summed E-state index contributed by atoms with van der Waals surface area (Å²) in [5.74, 6) is 2.12. The van der Waals surface area contributed by atoms with E-state index in [-0.39, 0.29) is 24.0 Å². The lowest BCUT2D eigenvalue weighted by molar-refractivity contribution is 0.0476. The van der Waals surface area contributed by atoms with E-state index < -0.39 is 17.2 Å². The van der Waals surface area contributed by atoms with Gasteiger partial charge in [-0.3, -0.25) is 4.99 Å². The highest BCUT2D eigenvalue weighted by molar-refractivity contribution is 14.0. The van der Waals surface area contributed by atoms with E-state index >= 15 is 0 Å². The van der Waals surface area contributed by atoms with Gasteiger partial charge in [-0.2, -0.15) is 0 Å². The summed E-state index contributed by atoms with van der Waals surface area (Å²) < 4.78 is 16.0. The summed E-state index contributed by atoms with van der Waals surface area (Å²) in [7, 11) is 3.25. The molecule has 0 saturated heterocycles. The average molecular weight is 550 g/mol. The Hall–Kier alpha value is -1.91. The van der Waals surface area contributed by atoms with E-state index in [1.807, 2.05) is 59.7 Å². The van der Waals surface area contributed by atoms with Crippen LogP contribution in [0.15, 0.2) is 23.2 Å². The summed E-state index contributed by atoms with van der Waals surface area (Å²) in [4.78, 5) is 16.6. The smallest absolute Gasteiger partial charge is 0.408 e. The van der Waals surface area contributed by atoms with Crippen LogP contribution in [0.2, 0.25) is 0 Å². The lowest BCUT2D eigenvalue weighted by atomic mass is 10.1. The molecule has 0 aliphatic rings. The highest BCUT2D eigenvalue weighted by Gasteiger charge is 2.24. The van der Waals surface area contributed by atoms with E-state index in [2.05, 4.69) is 20.9 Å². The lowest BCUT2D eigenvalue weighted by Crippen LogP contribution is -2.49. The minimum Gasteiger partial charge on any atom is -0.493 e. The van der Waals surface area contributed by atoms with Gasteiger partial charge in [0.2, 0.25) is 0 Å². The number of methoxy groups -OCH3 is 2. The second-order valence-electron chi connectivity index (χ2n) is 8.57. The molecule has 0 fully saturated rings. The maximum Gasteiger partial charge on any atom is 0.408 e. The van der Waals surface area contributed by atoms with Gasteiger partial charge in [0.05, 0.1) is 26.3 Å². The molecule has 0 heterocycles. The van der Waals surface area contributed by atoms with Crippen molar-refractivity contribution < 1.29 is 19.0 Å². The third-order valence-corrected chi connectivity index (χ3v) is 3.97. The van der Waals surface area contributed by atoms with Crippen LogP contribution in [0.3, 0.4) is 0 Å². The van der Waals surface area contributed by atoms with E-state index in [1.54, 1.807) is 14.2 Å². The predicted molar refractivity (Wildman–Crippen MR) is 136 cm³/mol. The molecule has 178 valence electrons. The van der Waals surface area contributed by atoms with Crippen LogP contribution < -0.4 is 25.4 Å². The fourth-order valence-electron chi connectivity index (χ4n) is 2.60. The summed E-state index contributed by atoms with van der Waals surface area (Å²) in [5, 5.41) is 9.41. The Morgan fingerprint density at radius 2 is 1.68 bits per heavy atom. The Morgan fingerprint density at radius 3 is 2.23 bits per heavy atom. The Kier molecular flexibility index (Phi) is 12.7. The number of carbonyl (C=O) groups is 1. The van der Waals surface area contributed by atoms with E-state index in [4.69, 9.17) is 14.2 Å². The first kappa shape index (κ1) is 29.1. The number of rotatable bonds is 9. The van der Waals surface area contributed by atoms with Crippen molar-refractivity contribution in [1.29, 1.82) is 0 Å². The van der Waals surface area contributed by atoms with E-state index in [0.717, 1.165) is 18.5 Å². The summed E-state index contributed by atoms with van der Waals surface area (Å²) in [6.45, 7) is 13.2. The Bertz CT molecular complexity index is 718. The van der Waals surface area contributed by atoms with Gasteiger partial charge in [0, 0.05) is 13.1 Å². The zero-order valence-corrected chi connectivity index (χ0v) is 22.4. The number of ether oxygens (including phenoxy) is 3. The first-order valence-electron chi connectivity index (χ1n) is 10.2. The number of guanidine groups is 1.